The second-order valence-corrected chi connectivity index (χ2v) is 8.21. The number of alkyl halides is 3. The van der Waals surface area contributed by atoms with Crippen molar-refractivity contribution in [2.24, 2.45) is 0 Å². The van der Waals surface area contributed by atoms with Crippen molar-refractivity contribution in [3.63, 3.8) is 0 Å². The second-order valence-electron chi connectivity index (χ2n) is 7.80. The number of pyridine rings is 1. The Labute approximate surface area is 186 Å². The van der Waals surface area contributed by atoms with Gasteiger partial charge < -0.3 is 15.5 Å². The molecule has 0 spiro atoms. The SMILES string of the molecule is CC=C1C[C@@](O)(C(F)(F)F)[C@@H](Nc2cccc3nc(C)ccc23)c2cc(Cl)c(F)c(O)c21. The summed E-state index contributed by atoms with van der Waals surface area (Å²) in [6.07, 6.45) is -4.62. The number of phenolic OH excluding ortho intramolecular Hbond substituents is 1. The molecule has 0 bridgehead atoms. The number of hydrogen-bond donors (Lipinski definition) is 3. The van der Waals surface area contributed by atoms with Gasteiger partial charge in [-0.05, 0) is 55.3 Å². The molecule has 2 atom stereocenters. The number of aromatic nitrogens is 1. The Hall–Kier alpha value is -2.84. The largest absolute Gasteiger partial charge is 0.504 e. The Morgan fingerprint density at radius 1 is 1.25 bits per heavy atom. The predicted octanol–water partition coefficient (Wildman–Crippen LogP) is 6.29. The van der Waals surface area contributed by atoms with Crippen LogP contribution >= 0.6 is 11.6 Å². The minimum Gasteiger partial charge on any atom is -0.504 e. The maximum Gasteiger partial charge on any atom is 0.419 e. The molecule has 1 heterocycles. The number of rotatable bonds is 2. The van der Waals surface area contributed by atoms with Gasteiger partial charge in [0.05, 0.1) is 16.6 Å². The number of nitrogens with one attached hydrogen (secondary N) is 1. The van der Waals surface area contributed by atoms with Crippen LogP contribution < -0.4 is 5.32 Å². The molecule has 4 rings (SSSR count). The summed E-state index contributed by atoms with van der Waals surface area (Å²) >= 11 is 5.87. The molecule has 0 aliphatic heterocycles. The van der Waals surface area contributed by atoms with Crippen LogP contribution in [0.4, 0.5) is 23.2 Å². The van der Waals surface area contributed by atoms with E-state index in [2.05, 4.69) is 10.3 Å². The van der Waals surface area contributed by atoms with Crippen LogP contribution in [-0.4, -0.2) is 27.0 Å². The lowest BCUT2D eigenvalue weighted by Gasteiger charge is -2.44. The van der Waals surface area contributed by atoms with Gasteiger partial charge in [0, 0.05) is 28.8 Å². The second kappa shape index (κ2) is 7.64. The fourth-order valence-electron chi connectivity index (χ4n) is 4.18. The summed E-state index contributed by atoms with van der Waals surface area (Å²) < 4.78 is 57.0. The van der Waals surface area contributed by atoms with E-state index >= 15 is 0 Å². The quantitative estimate of drug-likeness (QED) is 0.388. The summed E-state index contributed by atoms with van der Waals surface area (Å²) in [5, 5.41) is 24.1. The Kier molecular flexibility index (Phi) is 5.33. The number of aromatic hydroxyl groups is 1. The highest BCUT2D eigenvalue weighted by Gasteiger charge is 2.62. The van der Waals surface area contributed by atoms with Crippen molar-refractivity contribution in [3.05, 3.63) is 70.1 Å². The number of allylic oxidation sites excluding steroid dienone is 1. The number of halogens is 5. The lowest BCUT2D eigenvalue weighted by atomic mass is 9.72. The normalized spacial score (nSPS) is 22.2. The Morgan fingerprint density at radius 3 is 2.62 bits per heavy atom. The van der Waals surface area contributed by atoms with E-state index in [1.165, 1.54) is 13.0 Å². The van der Waals surface area contributed by atoms with Crippen LogP contribution in [-0.2, 0) is 0 Å². The van der Waals surface area contributed by atoms with E-state index in [-0.39, 0.29) is 22.4 Å². The molecular formula is C23H19ClF4N2O2. The fraction of sp³-hybridized carbons (Fsp3) is 0.261. The van der Waals surface area contributed by atoms with Crippen molar-refractivity contribution in [1.29, 1.82) is 0 Å². The average molecular weight is 467 g/mol. The van der Waals surface area contributed by atoms with Crippen LogP contribution in [0.5, 0.6) is 5.75 Å². The summed E-state index contributed by atoms with van der Waals surface area (Å²) in [6.45, 7) is 3.24. The number of fused-ring (bicyclic) bond motifs is 2. The summed E-state index contributed by atoms with van der Waals surface area (Å²) in [4.78, 5) is 4.38. The molecular weight excluding hydrogens is 448 g/mol. The Balaban J connectivity index is 1.98. The van der Waals surface area contributed by atoms with E-state index < -0.39 is 40.8 Å². The molecule has 32 heavy (non-hydrogen) atoms. The zero-order valence-electron chi connectivity index (χ0n) is 17.1. The molecule has 2 aromatic carbocycles. The number of benzene rings is 2. The molecule has 1 aromatic heterocycles. The highest BCUT2D eigenvalue weighted by atomic mass is 35.5. The number of nitrogens with zero attached hydrogens (tertiary/aromatic N) is 1. The lowest BCUT2D eigenvalue weighted by molar-refractivity contribution is -0.265. The van der Waals surface area contributed by atoms with Gasteiger partial charge in [-0.1, -0.05) is 23.7 Å². The first kappa shape index (κ1) is 22.4. The molecule has 0 amide bonds. The number of aliphatic hydroxyl groups is 1. The Bertz CT molecular complexity index is 1260. The number of phenols is 1. The third-order valence-corrected chi connectivity index (χ3v) is 6.08. The van der Waals surface area contributed by atoms with Crippen molar-refractivity contribution < 1.29 is 27.8 Å². The van der Waals surface area contributed by atoms with Gasteiger partial charge in [-0.25, -0.2) is 4.39 Å². The zero-order valence-corrected chi connectivity index (χ0v) is 17.8. The van der Waals surface area contributed by atoms with Crippen molar-refractivity contribution in [2.75, 3.05) is 5.32 Å². The predicted molar refractivity (Wildman–Crippen MR) is 115 cm³/mol. The third-order valence-electron chi connectivity index (χ3n) is 5.81. The minimum atomic E-state index is -5.05. The van der Waals surface area contributed by atoms with E-state index in [4.69, 9.17) is 11.6 Å². The average Bonchev–Trinajstić information content (AvgIpc) is 2.72. The van der Waals surface area contributed by atoms with Gasteiger partial charge in [-0.15, -0.1) is 0 Å². The summed E-state index contributed by atoms with van der Waals surface area (Å²) in [5.41, 5.74) is -2.00. The van der Waals surface area contributed by atoms with Crippen molar-refractivity contribution in [1.82, 2.24) is 4.98 Å². The van der Waals surface area contributed by atoms with Gasteiger partial charge in [0.2, 0.25) is 0 Å². The van der Waals surface area contributed by atoms with Gasteiger partial charge in [0.25, 0.3) is 0 Å². The standard InChI is InChI=1S/C23H19ClF4N2O2/c1-3-12-10-22(32,23(26,27)28)21(14-9-15(24)19(25)20(31)18(12)14)30-17-6-4-5-16-13(17)8-7-11(2)29-16/h3-9,21,30-32H,10H2,1-2H3/t21-,22-/m0/s1. The topological polar surface area (TPSA) is 65.4 Å². The van der Waals surface area contributed by atoms with Gasteiger partial charge >= 0.3 is 6.18 Å². The van der Waals surface area contributed by atoms with E-state index in [0.29, 0.717) is 10.9 Å². The van der Waals surface area contributed by atoms with Crippen molar-refractivity contribution in [2.45, 2.75) is 38.1 Å². The van der Waals surface area contributed by atoms with Crippen molar-refractivity contribution in [3.8, 4) is 5.75 Å². The van der Waals surface area contributed by atoms with Crippen LogP contribution in [0.2, 0.25) is 5.02 Å². The van der Waals surface area contributed by atoms with Gasteiger partial charge in [0.15, 0.2) is 17.2 Å². The summed E-state index contributed by atoms with van der Waals surface area (Å²) in [6, 6.07) is 7.56. The molecule has 3 N–H and O–H groups in total. The lowest BCUT2D eigenvalue weighted by Crippen LogP contribution is -2.54. The molecule has 0 radical (unpaired) electrons. The highest BCUT2D eigenvalue weighted by molar-refractivity contribution is 6.31. The Morgan fingerprint density at radius 2 is 1.97 bits per heavy atom. The maximum atomic E-state index is 14.3. The van der Waals surface area contributed by atoms with E-state index in [9.17, 15) is 27.8 Å². The zero-order chi connectivity index (χ0) is 23.4. The van der Waals surface area contributed by atoms with Gasteiger partial charge in [0.1, 0.15) is 0 Å². The molecule has 3 aromatic rings. The van der Waals surface area contributed by atoms with Gasteiger partial charge in [-0.3, -0.25) is 4.98 Å². The van der Waals surface area contributed by atoms with Crippen molar-refractivity contribution >= 4 is 33.8 Å². The molecule has 168 valence electrons. The number of anilines is 1. The van der Waals surface area contributed by atoms with E-state index in [0.717, 1.165) is 11.8 Å². The molecule has 4 nitrogen and oxygen atoms in total. The van der Waals surface area contributed by atoms with Crippen LogP contribution in [0.1, 0.15) is 36.2 Å². The molecule has 0 unspecified atom stereocenters. The molecule has 9 heteroatoms. The van der Waals surface area contributed by atoms with Gasteiger partial charge in [-0.2, -0.15) is 13.2 Å². The van der Waals surface area contributed by atoms with Crippen LogP contribution in [0.15, 0.2) is 42.5 Å². The van der Waals surface area contributed by atoms with Crippen LogP contribution in [0.3, 0.4) is 0 Å². The first-order chi connectivity index (χ1) is 15.0. The monoisotopic (exact) mass is 466 g/mol. The smallest absolute Gasteiger partial charge is 0.419 e. The van der Waals surface area contributed by atoms with Crippen LogP contribution in [0.25, 0.3) is 16.5 Å². The highest BCUT2D eigenvalue weighted by Crippen LogP contribution is 2.55. The third kappa shape index (κ3) is 3.38. The van der Waals surface area contributed by atoms with Crippen LogP contribution in [0, 0.1) is 12.7 Å². The molecule has 1 aliphatic carbocycles. The molecule has 1 aliphatic rings. The molecule has 0 fully saturated rings. The number of aryl methyl sites for hydroxylation is 1. The summed E-state index contributed by atoms with van der Waals surface area (Å²) in [5.74, 6) is -1.99. The van der Waals surface area contributed by atoms with E-state index in [1.54, 1.807) is 37.3 Å². The maximum absolute atomic E-state index is 14.3. The fourth-order valence-corrected chi connectivity index (χ4v) is 4.39. The summed E-state index contributed by atoms with van der Waals surface area (Å²) in [7, 11) is 0. The number of hydrogen-bond acceptors (Lipinski definition) is 4. The minimum absolute atomic E-state index is 0.0406. The molecule has 0 saturated carbocycles. The van der Waals surface area contributed by atoms with E-state index in [1.807, 2.05) is 0 Å². The first-order valence-electron chi connectivity index (χ1n) is 9.76. The molecule has 0 saturated heterocycles. The first-order valence-corrected chi connectivity index (χ1v) is 10.1.